The number of benzene rings is 1. The van der Waals surface area contributed by atoms with E-state index in [4.69, 9.17) is 4.74 Å². The highest BCUT2D eigenvalue weighted by molar-refractivity contribution is 7.10. The summed E-state index contributed by atoms with van der Waals surface area (Å²) >= 11 is 1.59. The summed E-state index contributed by atoms with van der Waals surface area (Å²) < 4.78 is 5.09. The third kappa shape index (κ3) is 3.55. The average molecular weight is 408 g/mol. The number of methoxy groups -OCH3 is 1. The molecule has 1 aromatic heterocycles. The van der Waals surface area contributed by atoms with E-state index in [0.717, 1.165) is 39.4 Å². The summed E-state index contributed by atoms with van der Waals surface area (Å²) in [4.78, 5) is 26.9. The molecule has 4 nitrogen and oxygen atoms in total. The van der Waals surface area contributed by atoms with Crippen LogP contribution in [-0.4, -0.2) is 18.9 Å². The van der Waals surface area contributed by atoms with Gasteiger partial charge < -0.3 is 10.1 Å². The molecule has 2 heterocycles. The lowest BCUT2D eigenvalue weighted by Gasteiger charge is -2.39. The Morgan fingerprint density at radius 2 is 1.90 bits per heavy atom. The van der Waals surface area contributed by atoms with Gasteiger partial charge >= 0.3 is 5.97 Å². The highest BCUT2D eigenvalue weighted by atomic mass is 32.1. The Balaban J connectivity index is 1.85. The van der Waals surface area contributed by atoms with Gasteiger partial charge in [0.15, 0.2) is 5.78 Å². The quantitative estimate of drug-likeness (QED) is 0.711. The van der Waals surface area contributed by atoms with Crippen LogP contribution in [0.4, 0.5) is 0 Å². The molecule has 0 amide bonds. The van der Waals surface area contributed by atoms with Gasteiger partial charge in [-0.2, -0.15) is 0 Å². The number of rotatable bonds is 3. The zero-order valence-corrected chi connectivity index (χ0v) is 18.0. The molecule has 0 saturated carbocycles. The molecule has 150 valence electrons. The first-order valence-electron chi connectivity index (χ1n) is 9.77. The van der Waals surface area contributed by atoms with E-state index in [-0.39, 0.29) is 23.1 Å². The first-order valence-corrected chi connectivity index (χ1v) is 10.6. The van der Waals surface area contributed by atoms with Crippen LogP contribution in [0.2, 0.25) is 0 Å². The minimum Gasteiger partial charge on any atom is -0.466 e. The second kappa shape index (κ2) is 7.30. The maximum atomic E-state index is 13.2. The summed E-state index contributed by atoms with van der Waals surface area (Å²) in [5.41, 5.74) is 5.07. The Bertz CT molecular complexity index is 1040. The molecule has 1 atom stereocenters. The largest absolute Gasteiger partial charge is 0.466 e. The number of Topliss-reactive ketones (excluding diaryl/α,β-unsaturated/α-hetero) is 1. The summed E-state index contributed by atoms with van der Waals surface area (Å²) in [6, 6.07) is 12.2. The second-order valence-corrected chi connectivity index (χ2v) is 9.47. The lowest BCUT2D eigenvalue weighted by atomic mass is 9.70. The number of dihydropyridines is 1. The summed E-state index contributed by atoms with van der Waals surface area (Å²) in [5, 5.41) is 5.44. The number of ketones is 1. The molecule has 1 aliphatic heterocycles. The van der Waals surface area contributed by atoms with Crippen LogP contribution >= 0.6 is 11.3 Å². The van der Waals surface area contributed by atoms with Gasteiger partial charge in [-0.1, -0.05) is 44.2 Å². The lowest BCUT2D eigenvalue weighted by molar-refractivity contribution is -0.136. The molecule has 0 bridgehead atoms. The van der Waals surface area contributed by atoms with E-state index in [0.29, 0.717) is 12.0 Å². The number of hydrogen-bond acceptors (Lipinski definition) is 5. The van der Waals surface area contributed by atoms with Crippen molar-refractivity contribution < 1.29 is 14.3 Å². The summed E-state index contributed by atoms with van der Waals surface area (Å²) in [6.45, 7) is 6.11. The van der Waals surface area contributed by atoms with Crippen LogP contribution in [-0.2, 0) is 14.3 Å². The Labute approximate surface area is 175 Å². The van der Waals surface area contributed by atoms with Gasteiger partial charge in [0.25, 0.3) is 0 Å². The monoisotopic (exact) mass is 407 g/mol. The highest BCUT2D eigenvalue weighted by Gasteiger charge is 2.43. The number of ether oxygens (including phenoxy) is 1. The van der Waals surface area contributed by atoms with Crippen LogP contribution < -0.4 is 5.32 Å². The first-order chi connectivity index (χ1) is 13.8. The number of allylic oxidation sites excluding steroid dienone is 3. The van der Waals surface area contributed by atoms with Crippen molar-refractivity contribution in [2.24, 2.45) is 5.41 Å². The molecule has 2 aromatic rings. The predicted molar refractivity (Wildman–Crippen MR) is 115 cm³/mol. The van der Waals surface area contributed by atoms with Crippen LogP contribution in [0.1, 0.15) is 44.4 Å². The smallest absolute Gasteiger partial charge is 0.336 e. The molecule has 0 saturated heterocycles. The number of carbonyl (C=O) groups excluding carboxylic acids is 2. The molecule has 2 aliphatic rings. The van der Waals surface area contributed by atoms with Crippen LogP contribution in [0.3, 0.4) is 0 Å². The maximum absolute atomic E-state index is 13.2. The van der Waals surface area contributed by atoms with Gasteiger partial charge in [-0.25, -0.2) is 4.79 Å². The normalized spacial score (nSPS) is 21.0. The van der Waals surface area contributed by atoms with Crippen LogP contribution in [0.15, 0.2) is 64.3 Å². The molecule has 29 heavy (non-hydrogen) atoms. The van der Waals surface area contributed by atoms with E-state index < -0.39 is 0 Å². The van der Waals surface area contributed by atoms with Crippen molar-refractivity contribution in [3.8, 4) is 11.1 Å². The molecule has 0 radical (unpaired) electrons. The van der Waals surface area contributed by atoms with Crippen molar-refractivity contribution in [2.45, 2.75) is 39.5 Å². The van der Waals surface area contributed by atoms with Crippen molar-refractivity contribution >= 4 is 23.1 Å². The van der Waals surface area contributed by atoms with Crippen molar-refractivity contribution in [3.05, 3.63) is 69.2 Å². The molecular formula is C24H25NO3S. The van der Waals surface area contributed by atoms with Crippen LogP contribution in [0.5, 0.6) is 0 Å². The zero-order valence-electron chi connectivity index (χ0n) is 17.2. The fourth-order valence-corrected chi connectivity index (χ4v) is 5.42. The Hall–Kier alpha value is -2.66. The zero-order chi connectivity index (χ0) is 20.8. The molecule has 5 heteroatoms. The summed E-state index contributed by atoms with van der Waals surface area (Å²) in [6.07, 6.45) is 1.27. The van der Waals surface area contributed by atoms with E-state index in [1.54, 1.807) is 11.3 Å². The molecule has 4 rings (SSSR count). The highest BCUT2D eigenvalue weighted by Crippen LogP contribution is 2.48. The number of carbonyl (C=O) groups is 2. The van der Waals surface area contributed by atoms with Crippen molar-refractivity contribution in [1.82, 2.24) is 5.32 Å². The van der Waals surface area contributed by atoms with Crippen LogP contribution in [0.25, 0.3) is 11.1 Å². The SMILES string of the molecule is COC(=O)C1=C(C)NC2=C(C(=O)CC(C)(C)C2)[C@H]1c1cc(-c2ccccc2)cs1. The number of nitrogens with one attached hydrogen (secondary N) is 1. The van der Waals surface area contributed by atoms with E-state index in [2.05, 4.69) is 42.7 Å². The van der Waals surface area contributed by atoms with Gasteiger partial charge in [0.2, 0.25) is 0 Å². The Kier molecular flexibility index (Phi) is 4.95. The molecule has 0 fully saturated rings. The average Bonchev–Trinajstić information content (AvgIpc) is 3.16. The predicted octanol–water partition coefficient (Wildman–Crippen LogP) is 5.19. The third-order valence-corrected chi connectivity index (χ3v) is 6.65. The fraction of sp³-hybridized carbons (Fsp3) is 0.333. The van der Waals surface area contributed by atoms with Gasteiger partial charge in [0.05, 0.1) is 18.6 Å². The molecule has 0 unspecified atom stereocenters. The van der Waals surface area contributed by atoms with Gasteiger partial charge in [0, 0.05) is 28.3 Å². The van der Waals surface area contributed by atoms with Crippen molar-refractivity contribution in [1.29, 1.82) is 0 Å². The minimum atomic E-state index is -0.390. The van der Waals surface area contributed by atoms with Gasteiger partial charge in [-0.3, -0.25) is 4.79 Å². The topological polar surface area (TPSA) is 55.4 Å². The second-order valence-electron chi connectivity index (χ2n) is 8.53. The number of esters is 1. The lowest BCUT2D eigenvalue weighted by Crippen LogP contribution is -2.38. The van der Waals surface area contributed by atoms with Gasteiger partial charge in [-0.15, -0.1) is 11.3 Å². The van der Waals surface area contributed by atoms with E-state index >= 15 is 0 Å². The molecule has 1 aromatic carbocycles. The van der Waals surface area contributed by atoms with Crippen LogP contribution in [0, 0.1) is 5.41 Å². The van der Waals surface area contributed by atoms with E-state index in [1.165, 1.54) is 7.11 Å². The summed E-state index contributed by atoms with van der Waals surface area (Å²) in [7, 11) is 1.39. The maximum Gasteiger partial charge on any atom is 0.336 e. The minimum absolute atomic E-state index is 0.0961. The molecule has 0 spiro atoms. The number of thiophene rings is 1. The van der Waals surface area contributed by atoms with Gasteiger partial charge in [-0.05, 0) is 41.3 Å². The van der Waals surface area contributed by atoms with E-state index in [1.807, 2.05) is 25.1 Å². The van der Waals surface area contributed by atoms with E-state index in [9.17, 15) is 9.59 Å². The summed E-state index contributed by atoms with van der Waals surface area (Å²) in [5.74, 6) is -0.666. The van der Waals surface area contributed by atoms with Crippen molar-refractivity contribution in [3.63, 3.8) is 0 Å². The standard InChI is InChI=1S/C24H25NO3S/c1-14-20(23(27)28-4)22(21-17(25-14)11-24(2,3)12-18(21)26)19-10-16(13-29-19)15-8-6-5-7-9-15/h5-10,13,22,25H,11-12H2,1-4H3/t22-/m0/s1. The molecule has 1 N–H and O–H groups in total. The number of hydrogen-bond donors (Lipinski definition) is 1. The fourth-order valence-electron chi connectivity index (χ4n) is 4.39. The van der Waals surface area contributed by atoms with Crippen molar-refractivity contribution in [2.75, 3.05) is 7.11 Å². The Morgan fingerprint density at radius 3 is 2.59 bits per heavy atom. The molecule has 1 aliphatic carbocycles. The van der Waals surface area contributed by atoms with Gasteiger partial charge in [0.1, 0.15) is 0 Å². The Morgan fingerprint density at radius 1 is 1.17 bits per heavy atom. The first kappa shape index (κ1) is 19.6. The molecular weight excluding hydrogens is 382 g/mol. The third-order valence-electron chi connectivity index (χ3n) is 5.66.